The van der Waals surface area contributed by atoms with E-state index in [4.69, 9.17) is 24.4 Å². The summed E-state index contributed by atoms with van der Waals surface area (Å²) in [7, 11) is 0. The average Bonchev–Trinajstić information content (AvgIpc) is 3.08. The van der Waals surface area contributed by atoms with Crippen molar-refractivity contribution in [3.05, 3.63) is 58.1 Å². The van der Waals surface area contributed by atoms with Crippen molar-refractivity contribution < 1.29 is 9.59 Å². The maximum Gasteiger partial charge on any atom is 0.323 e. The first-order valence-electron chi connectivity index (χ1n) is 7.06. The van der Waals surface area contributed by atoms with Crippen LogP contribution >= 0.6 is 24.4 Å². The highest BCUT2D eigenvalue weighted by Gasteiger charge is 2.24. The maximum atomic E-state index is 12.8. The van der Waals surface area contributed by atoms with Crippen LogP contribution in [0.15, 0.2) is 48.5 Å². The van der Waals surface area contributed by atoms with E-state index in [-0.39, 0.29) is 9.54 Å². The summed E-state index contributed by atoms with van der Waals surface area (Å²) in [5.74, 6) is -1.53. The molecule has 0 saturated carbocycles. The first-order chi connectivity index (χ1) is 11.6. The smallest absolute Gasteiger partial charge is 0.323 e. The number of imidazole rings is 2. The molecule has 2 heterocycles. The molecular formula is C16H10N4O2S2. The number of nitrogens with one attached hydrogen (secondary N) is 2. The van der Waals surface area contributed by atoms with E-state index in [1.165, 1.54) is 9.13 Å². The van der Waals surface area contributed by atoms with Crippen LogP contribution < -0.4 is 0 Å². The molecule has 4 aromatic rings. The van der Waals surface area contributed by atoms with Crippen LogP contribution in [0.1, 0.15) is 9.59 Å². The Hall–Kier alpha value is -2.84. The predicted octanol–water partition coefficient (Wildman–Crippen LogP) is 3.69. The van der Waals surface area contributed by atoms with Crippen molar-refractivity contribution in [3.63, 3.8) is 0 Å². The standard InChI is InChI=1S/C16H10N4O2S2/c21-13(19-11-7-3-1-5-9(11)17-15(19)23)14(22)20-12-8-4-2-6-10(12)18-16(20)24/h1-8H,(H,17,23)(H,18,24). The zero-order chi connectivity index (χ0) is 16.8. The molecule has 4 rings (SSSR count). The van der Waals surface area contributed by atoms with Gasteiger partial charge in [0, 0.05) is 0 Å². The first kappa shape index (κ1) is 14.7. The van der Waals surface area contributed by atoms with E-state index in [1.807, 2.05) is 12.1 Å². The Balaban J connectivity index is 1.92. The van der Waals surface area contributed by atoms with E-state index in [0.717, 1.165) is 0 Å². The highest BCUT2D eigenvalue weighted by atomic mass is 32.1. The molecular weight excluding hydrogens is 344 g/mol. The molecule has 0 atom stereocenters. The van der Waals surface area contributed by atoms with Crippen LogP contribution in [0, 0.1) is 9.54 Å². The van der Waals surface area contributed by atoms with Crippen molar-refractivity contribution in [3.8, 4) is 0 Å². The first-order valence-corrected chi connectivity index (χ1v) is 7.88. The minimum atomic E-state index is -0.765. The monoisotopic (exact) mass is 354 g/mol. The Morgan fingerprint density at radius 3 is 1.50 bits per heavy atom. The fourth-order valence-electron chi connectivity index (χ4n) is 2.70. The van der Waals surface area contributed by atoms with Crippen molar-refractivity contribution >= 4 is 58.3 Å². The summed E-state index contributed by atoms with van der Waals surface area (Å²) in [4.78, 5) is 31.4. The fourth-order valence-corrected chi connectivity index (χ4v) is 3.29. The summed E-state index contributed by atoms with van der Waals surface area (Å²) in [6, 6.07) is 14.2. The number of para-hydroxylation sites is 4. The number of hydrogen-bond donors (Lipinski definition) is 2. The Morgan fingerprint density at radius 2 is 1.08 bits per heavy atom. The third kappa shape index (κ3) is 2.08. The maximum absolute atomic E-state index is 12.8. The van der Waals surface area contributed by atoms with Crippen LogP contribution in [0.25, 0.3) is 22.1 Å². The van der Waals surface area contributed by atoms with Gasteiger partial charge < -0.3 is 9.97 Å². The number of nitrogens with zero attached hydrogens (tertiary/aromatic N) is 2. The van der Waals surface area contributed by atoms with E-state index in [0.29, 0.717) is 22.1 Å². The third-order valence-corrected chi connectivity index (χ3v) is 4.34. The SMILES string of the molecule is O=C(C(=O)n1c(=S)[nH]c2ccccc21)n1c(=S)[nH]c2ccccc21. The molecule has 6 nitrogen and oxygen atoms in total. The summed E-state index contributed by atoms with van der Waals surface area (Å²) in [5.41, 5.74) is 2.47. The van der Waals surface area contributed by atoms with E-state index in [1.54, 1.807) is 36.4 Å². The van der Waals surface area contributed by atoms with Gasteiger partial charge in [0.1, 0.15) is 0 Å². The lowest BCUT2D eigenvalue weighted by atomic mass is 10.3. The summed E-state index contributed by atoms with van der Waals surface area (Å²) >= 11 is 10.4. The average molecular weight is 354 g/mol. The van der Waals surface area contributed by atoms with Crippen LogP contribution in [0.4, 0.5) is 0 Å². The Labute approximate surface area is 145 Å². The number of H-pyrrole nitrogens is 2. The van der Waals surface area contributed by atoms with Gasteiger partial charge in [-0.1, -0.05) is 24.3 Å². The molecule has 0 radical (unpaired) electrons. The summed E-state index contributed by atoms with van der Waals surface area (Å²) in [6.45, 7) is 0. The predicted molar refractivity (Wildman–Crippen MR) is 95.5 cm³/mol. The molecule has 2 aromatic heterocycles. The van der Waals surface area contributed by atoms with Gasteiger partial charge in [0.2, 0.25) is 0 Å². The van der Waals surface area contributed by atoms with E-state index >= 15 is 0 Å². The van der Waals surface area contributed by atoms with E-state index in [9.17, 15) is 9.59 Å². The van der Waals surface area contributed by atoms with Gasteiger partial charge in [0.25, 0.3) is 0 Å². The second-order valence-corrected chi connectivity index (χ2v) is 5.95. The molecule has 0 amide bonds. The lowest BCUT2D eigenvalue weighted by Crippen LogP contribution is -2.27. The summed E-state index contributed by atoms with van der Waals surface area (Å²) < 4.78 is 2.72. The largest absolute Gasteiger partial charge is 0.330 e. The topological polar surface area (TPSA) is 75.6 Å². The Kier molecular flexibility index (Phi) is 3.29. The van der Waals surface area contributed by atoms with Gasteiger partial charge in [-0.05, 0) is 48.7 Å². The molecule has 0 saturated heterocycles. The van der Waals surface area contributed by atoms with E-state index in [2.05, 4.69) is 9.97 Å². The molecule has 118 valence electrons. The van der Waals surface area contributed by atoms with Crippen molar-refractivity contribution in [2.24, 2.45) is 0 Å². The number of carbonyl (C=O) groups is 2. The molecule has 0 spiro atoms. The molecule has 0 unspecified atom stereocenters. The molecule has 2 aromatic carbocycles. The zero-order valence-corrected chi connectivity index (χ0v) is 13.8. The molecule has 24 heavy (non-hydrogen) atoms. The van der Waals surface area contributed by atoms with Gasteiger partial charge in [-0.3, -0.25) is 9.59 Å². The molecule has 0 aliphatic carbocycles. The lowest BCUT2D eigenvalue weighted by molar-refractivity contribution is 0.0720. The molecule has 8 heteroatoms. The minimum Gasteiger partial charge on any atom is -0.330 e. The van der Waals surface area contributed by atoms with Crippen LogP contribution in [0.2, 0.25) is 0 Å². The van der Waals surface area contributed by atoms with Gasteiger partial charge in [0.15, 0.2) is 9.54 Å². The number of hydrogen-bond acceptors (Lipinski definition) is 4. The quantitative estimate of drug-likeness (QED) is 0.373. The van der Waals surface area contributed by atoms with Gasteiger partial charge >= 0.3 is 11.8 Å². The highest BCUT2D eigenvalue weighted by molar-refractivity contribution is 7.71. The van der Waals surface area contributed by atoms with Crippen LogP contribution in [-0.2, 0) is 0 Å². The lowest BCUT2D eigenvalue weighted by Gasteiger charge is -2.04. The van der Waals surface area contributed by atoms with Gasteiger partial charge in [0.05, 0.1) is 22.1 Å². The van der Waals surface area contributed by atoms with Gasteiger partial charge in [-0.25, -0.2) is 9.13 Å². The number of carbonyl (C=O) groups excluding carboxylic acids is 2. The number of aromatic nitrogens is 4. The van der Waals surface area contributed by atoms with Crippen molar-refractivity contribution in [2.45, 2.75) is 0 Å². The van der Waals surface area contributed by atoms with Crippen LogP contribution in [0.5, 0.6) is 0 Å². The summed E-state index contributed by atoms with van der Waals surface area (Å²) in [6.07, 6.45) is 0. The Morgan fingerprint density at radius 1 is 0.708 bits per heavy atom. The second kappa shape index (κ2) is 5.36. The fraction of sp³-hybridized carbons (Fsp3) is 0. The third-order valence-electron chi connectivity index (χ3n) is 3.77. The molecule has 0 fully saturated rings. The molecule has 0 aliphatic heterocycles. The zero-order valence-electron chi connectivity index (χ0n) is 12.1. The number of rotatable bonds is 0. The molecule has 0 aliphatic rings. The molecule has 2 N–H and O–H groups in total. The Bertz CT molecular complexity index is 1140. The minimum absolute atomic E-state index is 0.168. The normalized spacial score (nSPS) is 11.2. The number of fused-ring (bicyclic) bond motifs is 2. The summed E-state index contributed by atoms with van der Waals surface area (Å²) in [5, 5.41) is 0. The van der Waals surface area contributed by atoms with Crippen LogP contribution in [0.3, 0.4) is 0 Å². The second-order valence-electron chi connectivity index (χ2n) is 5.18. The van der Waals surface area contributed by atoms with Gasteiger partial charge in [-0.15, -0.1) is 0 Å². The van der Waals surface area contributed by atoms with Crippen LogP contribution in [-0.4, -0.2) is 30.9 Å². The number of benzene rings is 2. The van der Waals surface area contributed by atoms with Crippen molar-refractivity contribution in [1.29, 1.82) is 0 Å². The highest BCUT2D eigenvalue weighted by Crippen LogP contribution is 2.16. The number of aromatic amines is 2. The molecule has 0 bridgehead atoms. The van der Waals surface area contributed by atoms with E-state index < -0.39 is 11.8 Å². The van der Waals surface area contributed by atoms with Gasteiger partial charge in [-0.2, -0.15) is 0 Å². The van der Waals surface area contributed by atoms with Crippen molar-refractivity contribution in [2.75, 3.05) is 0 Å². The van der Waals surface area contributed by atoms with Crippen molar-refractivity contribution in [1.82, 2.24) is 19.1 Å².